The molecule has 1 atom stereocenters. The van der Waals surface area contributed by atoms with Crippen LogP contribution in [0, 0.1) is 5.82 Å². The number of halogens is 1. The first-order valence-electron chi connectivity index (χ1n) is 7.81. The molecular formula is C17H15FN4O3. The largest absolute Gasteiger partial charge is 0.464 e. The molecule has 1 aliphatic heterocycles. The van der Waals surface area contributed by atoms with Crippen molar-refractivity contribution in [1.82, 2.24) is 19.9 Å². The number of aromatic nitrogens is 3. The molecule has 1 aliphatic rings. The van der Waals surface area contributed by atoms with Crippen LogP contribution in [0.2, 0.25) is 0 Å². The Morgan fingerprint density at radius 1 is 1.40 bits per heavy atom. The summed E-state index contributed by atoms with van der Waals surface area (Å²) in [6.45, 7) is 2.65. The van der Waals surface area contributed by atoms with Crippen LogP contribution in [0.4, 0.5) is 9.18 Å². The highest BCUT2D eigenvalue weighted by Crippen LogP contribution is 2.32. The Labute approximate surface area is 142 Å². The number of rotatable bonds is 2. The van der Waals surface area contributed by atoms with Gasteiger partial charge in [-0.2, -0.15) is 0 Å². The molecule has 0 radical (unpaired) electrons. The topological polar surface area (TPSA) is 89.3 Å². The standard InChI is InChI=1S/C17H15FN4O3/c1-9-6-11-12(7-19-9)20-8-21-16(11)25-14-3-2-13-10(15(14)18)4-5-22(13)17(23)24/h2-5,8-9,19H,6-7H2,1H3,(H,23,24)/t9-/m0/s1. The molecule has 2 aromatic heterocycles. The summed E-state index contributed by atoms with van der Waals surface area (Å²) in [4.78, 5) is 19.5. The van der Waals surface area contributed by atoms with Crippen LogP contribution in [0.15, 0.2) is 30.7 Å². The summed E-state index contributed by atoms with van der Waals surface area (Å²) in [5.74, 6) is -0.288. The van der Waals surface area contributed by atoms with E-state index in [4.69, 9.17) is 9.84 Å². The minimum Gasteiger partial charge on any atom is -0.464 e. The lowest BCUT2D eigenvalue weighted by Crippen LogP contribution is -2.33. The Hall–Kier alpha value is -3.00. The van der Waals surface area contributed by atoms with Gasteiger partial charge >= 0.3 is 6.09 Å². The van der Waals surface area contributed by atoms with Crippen molar-refractivity contribution in [3.8, 4) is 11.6 Å². The van der Waals surface area contributed by atoms with E-state index in [1.54, 1.807) is 0 Å². The van der Waals surface area contributed by atoms with Gasteiger partial charge < -0.3 is 15.2 Å². The van der Waals surface area contributed by atoms with Crippen LogP contribution >= 0.6 is 0 Å². The van der Waals surface area contributed by atoms with Gasteiger partial charge in [-0.25, -0.2) is 19.2 Å². The van der Waals surface area contributed by atoms with E-state index in [2.05, 4.69) is 15.3 Å². The second-order valence-electron chi connectivity index (χ2n) is 5.97. The van der Waals surface area contributed by atoms with Crippen molar-refractivity contribution in [2.45, 2.75) is 25.9 Å². The van der Waals surface area contributed by atoms with Gasteiger partial charge in [0.25, 0.3) is 0 Å². The maximum atomic E-state index is 14.8. The number of carboxylic acid groups (broad SMARTS) is 1. The molecule has 0 spiro atoms. The molecule has 0 saturated carbocycles. The van der Waals surface area contributed by atoms with Crippen molar-refractivity contribution in [1.29, 1.82) is 0 Å². The quantitative estimate of drug-likeness (QED) is 0.744. The average molecular weight is 342 g/mol. The molecule has 25 heavy (non-hydrogen) atoms. The lowest BCUT2D eigenvalue weighted by Gasteiger charge is -2.23. The van der Waals surface area contributed by atoms with Crippen molar-refractivity contribution in [3.05, 3.63) is 47.8 Å². The van der Waals surface area contributed by atoms with Gasteiger partial charge in [0, 0.05) is 29.7 Å². The van der Waals surface area contributed by atoms with Gasteiger partial charge in [0.1, 0.15) is 6.33 Å². The normalized spacial score (nSPS) is 16.6. The number of nitrogens with one attached hydrogen (secondary N) is 1. The summed E-state index contributed by atoms with van der Waals surface area (Å²) in [6, 6.07) is 4.58. The highest BCUT2D eigenvalue weighted by molar-refractivity contribution is 5.90. The van der Waals surface area contributed by atoms with Crippen LogP contribution in [0.25, 0.3) is 10.9 Å². The average Bonchev–Trinajstić information content (AvgIpc) is 3.03. The van der Waals surface area contributed by atoms with Crippen molar-refractivity contribution in [2.24, 2.45) is 0 Å². The third kappa shape index (κ3) is 2.60. The Morgan fingerprint density at radius 3 is 3.04 bits per heavy atom. The summed E-state index contributed by atoms with van der Waals surface area (Å²) in [5, 5.41) is 12.6. The van der Waals surface area contributed by atoms with Gasteiger partial charge in [0.15, 0.2) is 11.6 Å². The van der Waals surface area contributed by atoms with Crippen molar-refractivity contribution in [2.75, 3.05) is 0 Å². The lowest BCUT2D eigenvalue weighted by molar-refractivity contribution is 0.197. The van der Waals surface area contributed by atoms with E-state index in [0.717, 1.165) is 15.8 Å². The third-order valence-corrected chi connectivity index (χ3v) is 4.31. The Balaban J connectivity index is 1.75. The minimum absolute atomic E-state index is 0.00252. The molecule has 0 fully saturated rings. The SMILES string of the molecule is C[C@H]1Cc2c(ncnc2Oc2ccc3c(ccn3C(=O)O)c2F)CN1. The first kappa shape index (κ1) is 15.5. The predicted octanol–water partition coefficient (Wildman–Crippen LogP) is 2.92. The zero-order chi connectivity index (χ0) is 17.6. The molecule has 0 unspecified atom stereocenters. The van der Waals surface area contributed by atoms with Crippen LogP contribution in [0.5, 0.6) is 11.6 Å². The summed E-state index contributed by atoms with van der Waals surface area (Å²) in [6.07, 6.45) is 2.21. The first-order chi connectivity index (χ1) is 12.0. The van der Waals surface area contributed by atoms with Gasteiger partial charge in [-0.3, -0.25) is 4.57 Å². The van der Waals surface area contributed by atoms with Crippen LogP contribution in [-0.4, -0.2) is 31.8 Å². The van der Waals surface area contributed by atoms with E-state index in [1.165, 1.54) is 30.7 Å². The predicted molar refractivity (Wildman–Crippen MR) is 87.4 cm³/mol. The fraction of sp³-hybridized carbons (Fsp3) is 0.235. The van der Waals surface area contributed by atoms with Gasteiger partial charge in [-0.15, -0.1) is 0 Å². The molecule has 8 heteroatoms. The van der Waals surface area contributed by atoms with Crippen molar-refractivity contribution < 1.29 is 19.0 Å². The maximum Gasteiger partial charge on any atom is 0.416 e. The first-order valence-corrected chi connectivity index (χ1v) is 7.81. The monoisotopic (exact) mass is 342 g/mol. The van der Waals surface area contributed by atoms with E-state index in [9.17, 15) is 9.18 Å². The van der Waals surface area contributed by atoms with E-state index in [0.29, 0.717) is 18.8 Å². The zero-order valence-electron chi connectivity index (χ0n) is 13.4. The fourth-order valence-electron chi connectivity index (χ4n) is 3.04. The smallest absolute Gasteiger partial charge is 0.416 e. The molecule has 128 valence electrons. The molecular weight excluding hydrogens is 327 g/mol. The van der Waals surface area contributed by atoms with Gasteiger partial charge in [0.05, 0.1) is 11.2 Å². The summed E-state index contributed by atoms with van der Waals surface area (Å²) in [7, 11) is 0. The Kier molecular flexibility index (Phi) is 3.61. The number of ether oxygens (including phenoxy) is 1. The number of fused-ring (bicyclic) bond motifs is 2. The van der Waals surface area contributed by atoms with Crippen molar-refractivity contribution in [3.63, 3.8) is 0 Å². The summed E-state index contributed by atoms with van der Waals surface area (Å²) in [5.41, 5.74) is 1.96. The summed E-state index contributed by atoms with van der Waals surface area (Å²) >= 11 is 0. The number of benzene rings is 1. The number of hydrogen-bond donors (Lipinski definition) is 2. The van der Waals surface area contributed by atoms with Gasteiger partial charge in [0.2, 0.25) is 5.88 Å². The molecule has 2 N–H and O–H groups in total. The van der Waals surface area contributed by atoms with Gasteiger partial charge in [-0.1, -0.05) is 0 Å². The lowest BCUT2D eigenvalue weighted by atomic mass is 10.0. The molecule has 0 saturated heterocycles. The molecule has 3 aromatic rings. The molecule has 0 bridgehead atoms. The van der Waals surface area contributed by atoms with Crippen LogP contribution < -0.4 is 10.1 Å². The van der Waals surface area contributed by atoms with Crippen LogP contribution in [0.1, 0.15) is 18.2 Å². The van der Waals surface area contributed by atoms with E-state index in [-0.39, 0.29) is 22.7 Å². The molecule has 7 nitrogen and oxygen atoms in total. The highest BCUT2D eigenvalue weighted by Gasteiger charge is 2.22. The fourth-order valence-corrected chi connectivity index (χ4v) is 3.04. The maximum absolute atomic E-state index is 14.8. The van der Waals surface area contributed by atoms with E-state index in [1.807, 2.05) is 6.92 Å². The Morgan fingerprint density at radius 2 is 2.24 bits per heavy atom. The molecule has 0 amide bonds. The number of hydrogen-bond acceptors (Lipinski definition) is 5. The molecule has 1 aromatic carbocycles. The highest BCUT2D eigenvalue weighted by atomic mass is 19.1. The number of nitrogens with zero attached hydrogens (tertiary/aromatic N) is 3. The molecule has 4 rings (SSSR count). The third-order valence-electron chi connectivity index (χ3n) is 4.31. The molecule has 3 heterocycles. The number of carbonyl (C=O) groups is 1. The summed E-state index contributed by atoms with van der Waals surface area (Å²) < 4.78 is 21.4. The van der Waals surface area contributed by atoms with Crippen LogP contribution in [0.3, 0.4) is 0 Å². The Bertz CT molecular complexity index is 985. The van der Waals surface area contributed by atoms with Gasteiger partial charge in [-0.05, 0) is 31.5 Å². The zero-order valence-corrected chi connectivity index (χ0v) is 13.4. The van der Waals surface area contributed by atoms with E-state index >= 15 is 0 Å². The van der Waals surface area contributed by atoms with E-state index < -0.39 is 11.9 Å². The molecule has 0 aliphatic carbocycles. The second-order valence-corrected chi connectivity index (χ2v) is 5.97. The van der Waals surface area contributed by atoms with Crippen molar-refractivity contribution >= 4 is 17.0 Å². The second kappa shape index (κ2) is 5.82. The minimum atomic E-state index is -1.17. The van der Waals surface area contributed by atoms with Crippen LogP contribution in [-0.2, 0) is 13.0 Å².